The number of hydrogen-bond acceptors (Lipinski definition) is 2. The number of aryl methyl sites for hydroxylation is 1. The van der Waals surface area contributed by atoms with Gasteiger partial charge in [0.15, 0.2) is 0 Å². The van der Waals surface area contributed by atoms with Gasteiger partial charge in [0.2, 0.25) is 5.91 Å². The summed E-state index contributed by atoms with van der Waals surface area (Å²) in [5.41, 5.74) is 1.21. The summed E-state index contributed by atoms with van der Waals surface area (Å²) in [6.07, 6.45) is 4.34. The van der Waals surface area contributed by atoms with E-state index in [9.17, 15) is 4.79 Å². The normalized spacial score (nSPS) is 21.2. The van der Waals surface area contributed by atoms with Crippen molar-refractivity contribution >= 4 is 5.91 Å². The van der Waals surface area contributed by atoms with Crippen LogP contribution >= 0.6 is 0 Å². The molecule has 1 atom stereocenters. The van der Waals surface area contributed by atoms with Crippen LogP contribution in [0.3, 0.4) is 0 Å². The molecule has 0 spiro atoms. The van der Waals surface area contributed by atoms with Crippen LogP contribution in [-0.2, 0) is 17.8 Å². The Morgan fingerprint density at radius 1 is 1.71 bits per heavy atom. The molecule has 0 bridgehead atoms. The van der Waals surface area contributed by atoms with E-state index in [0.717, 1.165) is 19.4 Å². The molecule has 0 radical (unpaired) electrons. The van der Waals surface area contributed by atoms with Crippen LogP contribution in [0.2, 0.25) is 0 Å². The maximum absolute atomic E-state index is 11.0. The van der Waals surface area contributed by atoms with Gasteiger partial charge in [-0.05, 0) is 19.4 Å². The van der Waals surface area contributed by atoms with Gasteiger partial charge in [0.05, 0.1) is 0 Å². The maximum Gasteiger partial charge on any atom is 0.220 e. The molecular formula is C10H15N3O. The Balaban J connectivity index is 2.00. The zero-order valence-corrected chi connectivity index (χ0v) is 8.36. The summed E-state index contributed by atoms with van der Waals surface area (Å²) in [5, 5.41) is 7.16. The maximum atomic E-state index is 11.0. The molecule has 76 valence electrons. The molecule has 4 nitrogen and oxygen atoms in total. The number of hydrogen-bond donors (Lipinski definition) is 1. The second kappa shape index (κ2) is 3.82. The third kappa shape index (κ3) is 1.78. The van der Waals surface area contributed by atoms with Crippen molar-refractivity contribution in [1.82, 2.24) is 15.1 Å². The predicted molar refractivity (Wildman–Crippen MR) is 52.8 cm³/mol. The second-order valence-electron chi connectivity index (χ2n) is 3.65. The molecule has 2 heterocycles. The van der Waals surface area contributed by atoms with Gasteiger partial charge in [-0.25, -0.2) is 0 Å². The monoisotopic (exact) mass is 193 g/mol. The first-order valence-corrected chi connectivity index (χ1v) is 5.09. The van der Waals surface area contributed by atoms with E-state index in [4.69, 9.17) is 0 Å². The molecule has 0 aromatic carbocycles. The van der Waals surface area contributed by atoms with E-state index in [1.54, 1.807) is 0 Å². The van der Waals surface area contributed by atoms with Crippen LogP contribution in [0.15, 0.2) is 12.3 Å². The molecule has 1 amide bonds. The van der Waals surface area contributed by atoms with Crippen LogP contribution in [-0.4, -0.2) is 21.7 Å². The molecule has 1 saturated heterocycles. The zero-order valence-electron chi connectivity index (χ0n) is 8.36. The fourth-order valence-electron chi connectivity index (χ4n) is 1.90. The van der Waals surface area contributed by atoms with E-state index in [-0.39, 0.29) is 5.91 Å². The molecule has 1 N–H and O–H groups in total. The Kier molecular flexibility index (Phi) is 2.52. The van der Waals surface area contributed by atoms with Crippen LogP contribution in [0.25, 0.3) is 0 Å². The average Bonchev–Trinajstić information content (AvgIpc) is 2.76. The van der Waals surface area contributed by atoms with E-state index in [1.807, 2.05) is 16.9 Å². The van der Waals surface area contributed by atoms with Crippen molar-refractivity contribution < 1.29 is 4.79 Å². The van der Waals surface area contributed by atoms with Crippen LogP contribution in [0, 0.1) is 0 Å². The zero-order chi connectivity index (χ0) is 9.97. The van der Waals surface area contributed by atoms with E-state index in [0.29, 0.717) is 12.5 Å². The van der Waals surface area contributed by atoms with Crippen molar-refractivity contribution in [3.8, 4) is 0 Å². The van der Waals surface area contributed by atoms with Crippen LogP contribution in [0.5, 0.6) is 0 Å². The van der Waals surface area contributed by atoms with E-state index in [1.165, 1.54) is 5.69 Å². The molecule has 1 aliphatic heterocycles. The summed E-state index contributed by atoms with van der Waals surface area (Å²) >= 11 is 0. The highest BCUT2D eigenvalue weighted by Crippen LogP contribution is 2.12. The summed E-state index contributed by atoms with van der Waals surface area (Å²) in [4.78, 5) is 11.0. The van der Waals surface area contributed by atoms with Gasteiger partial charge in [0.1, 0.15) is 0 Å². The molecule has 1 fully saturated rings. The van der Waals surface area contributed by atoms with Crippen molar-refractivity contribution in [2.75, 3.05) is 0 Å². The molecular weight excluding hydrogens is 178 g/mol. The van der Waals surface area contributed by atoms with Gasteiger partial charge in [0, 0.05) is 37.3 Å². The molecule has 0 aliphatic carbocycles. The Labute approximate surface area is 83.3 Å². The minimum Gasteiger partial charge on any atom is -0.353 e. The summed E-state index contributed by atoms with van der Waals surface area (Å²) in [6, 6.07) is 2.33. The third-order valence-corrected chi connectivity index (χ3v) is 2.64. The number of nitrogens with zero attached hydrogens (tertiary/aromatic N) is 2. The summed E-state index contributed by atoms with van der Waals surface area (Å²) in [5.74, 6) is 0.178. The lowest BCUT2D eigenvalue weighted by molar-refractivity contribution is -0.119. The lowest BCUT2D eigenvalue weighted by atomic mass is 10.1. The lowest BCUT2D eigenvalue weighted by Crippen LogP contribution is -2.28. The number of amides is 1. The number of rotatable bonds is 3. The fourth-order valence-corrected chi connectivity index (χ4v) is 1.90. The Morgan fingerprint density at radius 3 is 3.21 bits per heavy atom. The molecule has 0 saturated carbocycles. The summed E-state index contributed by atoms with van der Waals surface area (Å²) < 4.78 is 1.98. The number of carbonyl (C=O) groups excluding carboxylic acids is 1. The average molecular weight is 193 g/mol. The van der Waals surface area contributed by atoms with Gasteiger partial charge in [-0.1, -0.05) is 0 Å². The second-order valence-corrected chi connectivity index (χ2v) is 3.65. The third-order valence-electron chi connectivity index (χ3n) is 2.64. The molecule has 1 unspecified atom stereocenters. The standard InChI is InChI=1S/C10H15N3O/c1-2-13-9(5-6-11-13)7-8-3-4-10(14)12-8/h5-6,8H,2-4,7H2,1H3,(H,12,14). The first-order chi connectivity index (χ1) is 6.79. The van der Waals surface area contributed by atoms with Crippen molar-refractivity contribution in [3.05, 3.63) is 18.0 Å². The van der Waals surface area contributed by atoms with Crippen molar-refractivity contribution in [3.63, 3.8) is 0 Å². The molecule has 4 heteroatoms. The van der Waals surface area contributed by atoms with Crippen LogP contribution < -0.4 is 5.32 Å². The molecule has 2 rings (SSSR count). The summed E-state index contributed by atoms with van der Waals surface area (Å²) in [6.45, 7) is 2.97. The SMILES string of the molecule is CCn1nccc1CC1CCC(=O)N1. The largest absolute Gasteiger partial charge is 0.353 e. The van der Waals surface area contributed by atoms with Gasteiger partial charge in [-0.15, -0.1) is 0 Å². The highest BCUT2D eigenvalue weighted by molar-refractivity contribution is 5.78. The van der Waals surface area contributed by atoms with Gasteiger partial charge in [0.25, 0.3) is 0 Å². The number of nitrogens with one attached hydrogen (secondary N) is 1. The Bertz CT molecular complexity index is 332. The van der Waals surface area contributed by atoms with Gasteiger partial charge in [-0.2, -0.15) is 5.10 Å². The smallest absolute Gasteiger partial charge is 0.220 e. The van der Waals surface area contributed by atoms with E-state index >= 15 is 0 Å². The number of carbonyl (C=O) groups is 1. The quantitative estimate of drug-likeness (QED) is 0.769. The Hall–Kier alpha value is -1.32. The van der Waals surface area contributed by atoms with E-state index < -0.39 is 0 Å². The predicted octanol–water partition coefficient (Wildman–Crippen LogP) is 0.724. The molecule has 1 aliphatic rings. The summed E-state index contributed by atoms with van der Waals surface area (Å²) in [7, 11) is 0. The topological polar surface area (TPSA) is 46.9 Å². The van der Waals surface area contributed by atoms with Gasteiger partial charge in [-0.3, -0.25) is 9.48 Å². The van der Waals surface area contributed by atoms with Gasteiger partial charge >= 0.3 is 0 Å². The highest BCUT2D eigenvalue weighted by Gasteiger charge is 2.21. The van der Waals surface area contributed by atoms with Crippen LogP contribution in [0.4, 0.5) is 0 Å². The van der Waals surface area contributed by atoms with Crippen molar-refractivity contribution in [2.45, 2.75) is 38.8 Å². The first-order valence-electron chi connectivity index (χ1n) is 5.09. The number of aromatic nitrogens is 2. The van der Waals surface area contributed by atoms with Crippen molar-refractivity contribution in [2.24, 2.45) is 0 Å². The van der Waals surface area contributed by atoms with E-state index in [2.05, 4.69) is 17.3 Å². The molecule has 1 aromatic rings. The fraction of sp³-hybridized carbons (Fsp3) is 0.600. The lowest BCUT2D eigenvalue weighted by Gasteiger charge is -2.10. The van der Waals surface area contributed by atoms with Gasteiger partial charge < -0.3 is 5.32 Å². The minimum absolute atomic E-state index is 0.178. The minimum atomic E-state index is 0.178. The molecule has 1 aromatic heterocycles. The Morgan fingerprint density at radius 2 is 2.57 bits per heavy atom. The highest BCUT2D eigenvalue weighted by atomic mass is 16.1. The van der Waals surface area contributed by atoms with Crippen LogP contribution in [0.1, 0.15) is 25.5 Å². The molecule has 14 heavy (non-hydrogen) atoms. The first kappa shape index (κ1) is 9.24. The van der Waals surface area contributed by atoms with Crippen molar-refractivity contribution in [1.29, 1.82) is 0 Å².